The van der Waals surface area contributed by atoms with Crippen molar-refractivity contribution in [3.05, 3.63) is 0 Å². The summed E-state index contributed by atoms with van der Waals surface area (Å²) < 4.78 is 0. The molecule has 0 saturated heterocycles. The van der Waals surface area contributed by atoms with Gasteiger partial charge in [-0.25, -0.2) is 0 Å². The van der Waals surface area contributed by atoms with Gasteiger partial charge in [0.2, 0.25) is 0 Å². The number of aliphatic hydroxyl groups excluding tert-OH is 1. The van der Waals surface area contributed by atoms with E-state index in [-0.39, 0.29) is 12.1 Å². The van der Waals surface area contributed by atoms with Crippen LogP contribution >= 0.6 is 0 Å². The number of hydrogen-bond donors (Lipinski definition) is 2. The average Bonchev–Trinajstić information content (AvgIpc) is 2.11. The molecule has 0 rings (SSSR count). The second-order valence-corrected chi connectivity index (χ2v) is 4.38. The van der Waals surface area contributed by atoms with E-state index in [4.69, 9.17) is 5.11 Å². The van der Waals surface area contributed by atoms with Crippen LogP contribution < -0.4 is 5.32 Å². The van der Waals surface area contributed by atoms with Gasteiger partial charge in [0.05, 0.1) is 6.61 Å². The molecule has 0 aliphatic rings. The van der Waals surface area contributed by atoms with E-state index in [0.29, 0.717) is 0 Å². The Labute approximate surface area is 82.7 Å². The highest BCUT2D eigenvalue weighted by Crippen LogP contribution is 2.03. The molecule has 0 radical (unpaired) electrons. The first-order valence-corrected chi connectivity index (χ1v) is 5.48. The van der Waals surface area contributed by atoms with Crippen LogP contribution in [0.25, 0.3) is 0 Å². The van der Waals surface area contributed by atoms with Crippen LogP contribution in [0.4, 0.5) is 0 Å². The molecule has 2 nitrogen and oxygen atoms in total. The van der Waals surface area contributed by atoms with Gasteiger partial charge in [0.1, 0.15) is 0 Å². The molecule has 0 aromatic carbocycles. The molecular formula is C11H25NO. The summed E-state index contributed by atoms with van der Waals surface area (Å²) in [5.74, 6) is 0. The summed E-state index contributed by atoms with van der Waals surface area (Å²) >= 11 is 0. The van der Waals surface area contributed by atoms with Crippen molar-refractivity contribution in [1.29, 1.82) is 0 Å². The molecular weight excluding hydrogens is 162 g/mol. The van der Waals surface area contributed by atoms with Gasteiger partial charge in [0.15, 0.2) is 0 Å². The minimum atomic E-state index is -0.106. The van der Waals surface area contributed by atoms with Gasteiger partial charge < -0.3 is 10.4 Å². The van der Waals surface area contributed by atoms with Crippen molar-refractivity contribution in [2.75, 3.05) is 13.2 Å². The molecule has 0 aliphatic carbocycles. The van der Waals surface area contributed by atoms with E-state index in [2.05, 4.69) is 12.2 Å². The first-order chi connectivity index (χ1) is 6.12. The topological polar surface area (TPSA) is 32.3 Å². The Morgan fingerprint density at radius 1 is 1.08 bits per heavy atom. The predicted octanol–water partition coefficient (Wildman–Crippen LogP) is 2.32. The summed E-state index contributed by atoms with van der Waals surface area (Å²) in [6, 6.07) is 0. The Hall–Kier alpha value is -0.0800. The molecule has 0 saturated carbocycles. The third-order valence-corrected chi connectivity index (χ3v) is 2.28. The molecule has 0 aromatic heterocycles. The third-order valence-electron chi connectivity index (χ3n) is 2.28. The Bertz CT molecular complexity index is 113. The normalized spacial score (nSPS) is 12.0. The summed E-state index contributed by atoms with van der Waals surface area (Å²) in [4.78, 5) is 0. The molecule has 0 spiro atoms. The van der Waals surface area contributed by atoms with Crippen LogP contribution in [0.2, 0.25) is 0 Å². The Morgan fingerprint density at radius 2 is 1.69 bits per heavy atom. The van der Waals surface area contributed by atoms with Gasteiger partial charge in [0.25, 0.3) is 0 Å². The molecule has 0 bridgehead atoms. The molecule has 13 heavy (non-hydrogen) atoms. The van der Waals surface area contributed by atoms with Gasteiger partial charge in [-0.15, -0.1) is 0 Å². The van der Waals surface area contributed by atoms with E-state index in [1.807, 2.05) is 13.8 Å². The number of aliphatic hydroxyl groups is 1. The average molecular weight is 187 g/mol. The van der Waals surface area contributed by atoms with E-state index in [0.717, 1.165) is 6.54 Å². The number of unbranched alkanes of at least 4 members (excludes halogenated alkanes) is 4. The maximum absolute atomic E-state index is 8.97. The Balaban J connectivity index is 3.16. The summed E-state index contributed by atoms with van der Waals surface area (Å²) in [6.07, 6.45) is 6.53. The lowest BCUT2D eigenvalue weighted by atomic mass is 10.1. The van der Waals surface area contributed by atoms with E-state index >= 15 is 0 Å². The fourth-order valence-electron chi connectivity index (χ4n) is 1.21. The van der Waals surface area contributed by atoms with E-state index < -0.39 is 0 Å². The maximum atomic E-state index is 8.97. The molecule has 0 unspecified atom stereocenters. The largest absolute Gasteiger partial charge is 0.394 e. The van der Waals surface area contributed by atoms with Crippen LogP contribution in [0, 0.1) is 0 Å². The highest BCUT2D eigenvalue weighted by molar-refractivity contribution is 4.75. The lowest BCUT2D eigenvalue weighted by Gasteiger charge is -2.23. The van der Waals surface area contributed by atoms with Crippen LogP contribution in [0.3, 0.4) is 0 Å². The van der Waals surface area contributed by atoms with Gasteiger partial charge in [0, 0.05) is 5.54 Å². The van der Waals surface area contributed by atoms with Crippen molar-refractivity contribution in [3.63, 3.8) is 0 Å². The highest BCUT2D eigenvalue weighted by Gasteiger charge is 2.13. The molecule has 2 N–H and O–H groups in total. The van der Waals surface area contributed by atoms with Crippen LogP contribution in [0.5, 0.6) is 0 Å². The van der Waals surface area contributed by atoms with Gasteiger partial charge in [-0.3, -0.25) is 0 Å². The molecule has 0 atom stereocenters. The molecule has 0 aliphatic heterocycles. The second-order valence-electron chi connectivity index (χ2n) is 4.38. The van der Waals surface area contributed by atoms with Crippen molar-refractivity contribution in [3.8, 4) is 0 Å². The van der Waals surface area contributed by atoms with Crippen molar-refractivity contribution >= 4 is 0 Å². The van der Waals surface area contributed by atoms with Crippen molar-refractivity contribution in [1.82, 2.24) is 5.32 Å². The standard InChI is InChI=1S/C11H25NO/c1-4-5-6-7-8-9-12-11(2,3)10-13/h12-13H,4-10H2,1-3H3. The fraction of sp³-hybridized carbons (Fsp3) is 1.00. The zero-order valence-electron chi connectivity index (χ0n) is 9.40. The number of nitrogens with one attached hydrogen (secondary N) is 1. The van der Waals surface area contributed by atoms with Crippen LogP contribution in [0.15, 0.2) is 0 Å². The van der Waals surface area contributed by atoms with Crippen LogP contribution in [0.1, 0.15) is 52.9 Å². The second kappa shape index (κ2) is 7.34. The van der Waals surface area contributed by atoms with E-state index in [1.54, 1.807) is 0 Å². The van der Waals surface area contributed by atoms with Crippen molar-refractivity contribution in [2.45, 2.75) is 58.4 Å². The molecule has 0 aromatic rings. The smallest absolute Gasteiger partial charge is 0.0607 e. The van der Waals surface area contributed by atoms with Crippen LogP contribution in [-0.2, 0) is 0 Å². The molecule has 80 valence electrons. The zero-order valence-corrected chi connectivity index (χ0v) is 9.40. The quantitative estimate of drug-likeness (QED) is 0.572. The van der Waals surface area contributed by atoms with Gasteiger partial charge >= 0.3 is 0 Å². The van der Waals surface area contributed by atoms with Crippen molar-refractivity contribution in [2.24, 2.45) is 0 Å². The number of rotatable bonds is 8. The monoisotopic (exact) mass is 187 g/mol. The number of hydrogen-bond acceptors (Lipinski definition) is 2. The lowest BCUT2D eigenvalue weighted by Crippen LogP contribution is -2.43. The molecule has 0 fully saturated rings. The fourth-order valence-corrected chi connectivity index (χ4v) is 1.21. The highest BCUT2D eigenvalue weighted by atomic mass is 16.3. The van der Waals surface area contributed by atoms with E-state index in [1.165, 1.54) is 32.1 Å². The van der Waals surface area contributed by atoms with Crippen LogP contribution in [-0.4, -0.2) is 23.8 Å². The molecule has 0 heterocycles. The lowest BCUT2D eigenvalue weighted by molar-refractivity contribution is 0.188. The first kappa shape index (κ1) is 12.9. The van der Waals surface area contributed by atoms with E-state index in [9.17, 15) is 0 Å². The van der Waals surface area contributed by atoms with Crippen molar-refractivity contribution < 1.29 is 5.11 Å². The Morgan fingerprint density at radius 3 is 2.23 bits per heavy atom. The minimum absolute atomic E-state index is 0.106. The van der Waals surface area contributed by atoms with Gasteiger partial charge in [-0.2, -0.15) is 0 Å². The summed E-state index contributed by atoms with van der Waals surface area (Å²) in [5.41, 5.74) is -0.106. The first-order valence-electron chi connectivity index (χ1n) is 5.48. The molecule has 0 amide bonds. The summed E-state index contributed by atoms with van der Waals surface area (Å²) in [7, 11) is 0. The van der Waals surface area contributed by atoms with Gasteiger partial charge in [-0.05, 0) is 26.8 Å². The summed E-state index contributed by atoms with van der Waals surface area (Å²) in [6.45, 7) is 7.52. The molecule has 2 heteroatoms. The zero-order chi connectivity index (χ0) is 10.2. The SMILES string of the molecule is CCCCCCCNC(C)(C)CO. The Kier molecular flexibility index (Phi) is 7.29. The minimum Gasteiger partial charge on any atom is -0.394 e. The predicted molar refractivity (Wildman–Crippen MR) is 57.9 cm³/mol. The summed E-state index contributed by atoms with van der Waals surface area (Å²) in [5, 5.41) is 12.3. The third kappa shape index (κ3) is 8.26. The maximum Gasteiger partial charge on any atom is 0.0607 e. The van der Waals surface area contributed by atoms with Gasteiger partial charge in [-0.1, -0.05) is 32.6 Å².